The number of hydrogen-bond donors (Lipinski definition) is 0. The fourth-order valence-corrected chi connectivity index (χ4v) is 3.77. The van der Waals surface area contributed by atoms with Gasteiger partial charge in [-0.25, -0.2) is 0 Å². The quantitative estimate of drug-likeness (QED) is 0.354. The normalized spacial score (nSPS) is 12.1. The molecule has 2 rings (SSSR count). The molecule has 0 spiro atoms. The van der Waals surface area contributed by atoms with Crippen LogP contribution in [0.4, 0.5) is 11.4 Å². The molecule has 30 heavy (non-hydrogen) atoms. The average Bonchev–Trinajstić information content (AvgIpc) is 2.75. The molecular weight excluding hydrogens is 368 g/mol. The fraction of sp³-hybridized carbons (Fsp3) is 0.556. The molecule has 0 fully saturated rings. The molecule has 3 nitrogen and oxygen atoms in total. The largest absolute Gasteiger partial charge is 0.378 e. The molecule has 2 aromatic carbocycles. The summed E-state index contributed by atoms with van der Waals surface area (Å²) in [6, 6.07) is 15.7. The molecule has 3 heteroatoms. The van der Waals surface area contributed by atoms with Gasteiger partial charge in [0.1, 0.15) is 6.10 Å². The van der Waals surface area contributed by atoms with E-state index < -0.39 is 0 Å². The molecule has 0 heterocycles. The maximum Gasteiger partial charge on any atom is 0.108 e. The number of nitrogens with zero attached hydrogens (tertiary/aromatic N) is 2. The summed E-state index contributed by atoms with van der Waals surface area (Å²) in [6.07, 6.45) is 5.95. The third kappa shape index (κ3) is 6.77. The zero-order chi connectivity index (χ0) is 21.9. The van der Waals surface area contributed by atoms with Crippen LogP contribution < -0.4 is 9.80 Å². The van der Waals surface area contributed by atoms with Gasteiger partial charge in [-0.1, -0.05) is 51.8 Å². The first-order valence-corrected chi connectivity index (χ1v) is 11.8. The highest BCUT2D eigenvalue weighted by Gasteiger charge is 2.18. The monoisotopic (exact) mass is 410 g/mol. The lowest BCUT2D eigenvalue weighted by atomic mass is 9.96. The predicted octanol–water partition coefficient (Wildman–Crippen LogP) is 6.98. The lowest BCUT2D eigenvalue weighted by Gasteiger charge is -2.27. The van der Waals surface area contributed by atoms with Crippen LogP contribution in [0.15, 0.2) is 42.5 Å². The molecular formula is C27H42N2O. The lowest BCUT2D eigenvalue weighted by molar-refractivity contribution is 0.0802. The van der Waals surface area contributed by atoms with Crippen molar-refractivity contribution in [3.8, 4) is 0 Å². The zero-order valence-electron chi connectivity index (χ0n) is 20.1. The molecule has 0 aliphatic heterocycles. The Morgan fingerprint density at radius 1 is 0.800 bits per heavy atom. The van der Waals surface area contributed by atoms with Crippen molar-refractivity contribution in [1.29, 1.82) is 0 Å². The van der Waals surface area contributed by atoms with Gasteiger partial charge in [0, 0.05) is 45.2 Å². The molecule has 2 aromatic rings. The fourth-order valence-electron chi connectivity index (χ4n) is 3.77. The van der Waals surface area contributed by atoms with Crippen LogP contribution in [-0.2, 0) is 4.74 Å². The Morgan fingerprint density at radius 2 is 1.40 bits per heavy atom. The van der Waals surface area contributed by atoms with Crippen LogP contribution in [-0.4, -0.2) is 33.8 Å². The van der Waals surface area contributed by atoms with Crippen LogP contribution in [0.3, 0.4) is 0 Å². The van der Waals surface area contributed by atoms with E-state index in [0.29, 0.717) is 0 Å². The Morgan fingerprint density at radius 3 is 1.90 bits per heavy atom. The Balaban J connectivity index is 2.32. The van der Waals surface area contributed by atoms with E-state index in [0.717, 1.165) is 26.1 Å². The van der Waals surface area contributed by atoms with E-state index in [1.165, 1.54) is 53.7 Å². The highest BCUT2D eigenvalue weighted by Crippen LogP contribution is 2.32. The van der Waals surface area contributed by atoms with Crippen molar-refractivity contribution < 1.29 is 4.74 Å². The van der Waals surface area contributed by atoms with Gasteiger partial charge in [0.2, 0.25) is 0 Å². The van der Waals surface area contributed by atoms with Crippen molar-refractivity contribution in [3.05, 3.63) is 59.2 Å². The van der Waals surface area contributed by atoms with Crippen molar-refractivity contribution >= 4 is 11.4 Å². The minimum absolute atomic E-state index is 0.0186. The van der Waals surface area contributed by atoms with Crippen LogP contribution in [0.5, 0.6) is 0 Å². The number of aryl methyl sites for hydroxylation is 1. The van der Waals surface area contributed by atoms with Crippen LogP contribution in [0.2, 0.25) is 0 Å². The van der Waals surface area contributed by atoms with Crippen molar-refractivity contribution in [2.24, 2.45) is 0 Å². The van der Waals surface area contributed by atoms with Crippen molar-refractivity contribution in [2.75, 3.05) is 43.6 Å². The molecule has 0 saturated carbocycles. The highest BCUT2D eigenvalue weighted by molar-refractivity contribution is 5.53. The standard InChI is InChI=1S/C27H42N2O/c1-7-10-18-29(19-11-8-2)25-16-17-26(22(4)21-25)27(30-20-9-3)23-12-14-24(15-13-23)28(5)6/h12-17,21,27H,7-11,18-20H2,1-6H3. The van der Waals surface area contributed by atoms with E-state index in [9.17, 15) is 0 Å². The van der Waals surface area contributed by atoms with Crippen LogP contribution in [0.1, 0.15) is 75.7 Å². The van der Waals surface area contributed by atoms with Gasteiger partial charge in [-0.05, 0) is 67.1 Å². The number of benzene rings is 2. The highest BCUT2D eigenvalue weighted by atomic mass is 16.5. The zero-order valence-corrected chi connectivity index (χ0v) is 20.1. The summed E-state index contributed by atoms with van der Waals surface area (Å²) in [6.45, 7) is 12.0. The average molecular weight is 411 g/mol. The second-order valence-corrected chi connectivity index (χ2v) is 8.47. The Labute approximate surface area is 185 Å². The van der Waals surface area contributed by atoms with E-state index >= 15 is 0 Å². The van der Waals surface area contributed by atoms with Crippen LogP contribution in [0, 0.1) is 6.92 Å². The summed E-state index contributed by atoms with van der Waals surface area (Å²) < 4.78 is 6.35. The molecule has 0 amide bonds. The Bertz CT molecular complexity index is 731. The molecule has 0 N–H and O–H groups in total. The van der Waals surface area contributed by atoms with Crippen molar-refractivity contribution in [2.45, 2.75) is 65.9 Å². The van der Waals surface area contributed by atoms with E-state index in [4.69, 9.17) is 4.74 Å². The van der Waals surface area contributed by atoms with Crippen LogP contribution >= 0.6 is 0 Å². The van der Waals surface area contributed by atoms with Gasteiger partial charge >= 0.3 is 0 Å². The van der Waals surface area contributed by atoms with Crippen molar-refractivity contribution in [1.82, 2.24) is 0 Å². The number of rotatable bonds is 13. The van der Waals surface area contributed by atoms with Gasteiger partial charge in [-0.15, -0.1) is 0 Å². The topological polar surface area (TPSA) is 15.7 Å². The molecule has 166 valence electrons. The van der Waals surface area contributed by atoms with Gasteiger partial charge in [0.25, 0.3) is 0 Å². The van der Waals surface area contributed by atoms with Crippen molar-refractivity contribution in [3.63, 3.8) is 0 Å². The summed E-state index contributed by atoms with van der Waals surface area (Å²) >= 11 is 0. The molecule has 1 atom stereocenters. The summed E-state index contributed by atoms with van der Waals surface area (Å²) in [7, 11) is 4.15. The second-order valence-electron chi connectivity index (χ2n) is 8.47. The van der Waals surface area contributed by atoms with Gasteiger partial charge in [-0.2, -0.15) is 0 Å². The van der Waals surface area contributed by atoms with Gasteiger partial charge in [-0.3, -0.25) is 0 Å². The number of anilines is 2. The molecule has 0 aliphatic rings. The summed E-state index contributed by atoms with van der Waals surface area (Å²) in [5.41, 5.74) is 6.36. The molecule has 0 aromatic heterocycles. The maximum absolute atomic E-state index is 6.35. The van der Waals surface area contributed by atoms with E-state index in [1.54, 1.807) is 0 Å². The number of unbranched alkanes of at least 4 members (excludes halogenated alkanes) is 2. The van der Waals surface area contributed by atoms with Gasteiger partial charge in [0.15, 0.2) is 0 Å². The third-order valence-corrected chi connectivity index (χ3v) is 5.67. The van der Waals surface area contributed by atoms with Gasteiger partial charge in [0.05, 0.1) is 0 Å². The van der Waals surface area contributed by atoms with E-state index in [1.807, 2.05) is 0 Å². The smallest absolute Gasteiger partial charge is 0.108 e. The first kappa shape index (κ1) is 24.3. The third-order valence-electron chi connectivity index (χ3n) is 5.67. The van der Waals surface area contributed by atoms with Crippen LogP contribution in [0.25, 0.3) is 0 Å². The summed E-state index contributed by atoms with van der Waals surface area (Å²) in [5.74, 6) is 0. The molecule has 1 unspecified atom stereocenters. The first-order valence-electron chi connectivity index (χ1n) is 11.8. The SMILES string of the molecule is CCCCN(CCCC)c1ccc(C(OCCC)c2ccc(N(C)C)cc2)c(C)c1. The molecule has 0 radical (unpaired) electrons. The Hall–Kier alpha value is -2.00. The van der Waals surface area contributed by atoms with Gasteiger partial charge < -0.3 is 14.5 Å². The molecule has 0 bridgehead atoms. The maximum atomic E-state index is 6.35. The number of hydrogen-bond acceptors (Lipinski definition) is 3. The Kier molecular flexibility index (Phi) is 10.2. The predicted molar refractivity (Wildman–Crippen MR) is 132 cm³/mol. The summed E-state index contributed by atoms with van der Waals surface area (Å²) in [5, 5.41) is 0. The number of ether oxygens (including phenoxy) is 1. The second kappa shape index (κ2) is 12.6. The minimum Gasteiger partial charge on any atom is -0.378 e. The molecule has 0 aliphatic carbocycles. The van der Waals surface area contributed by atoms with E-state index in [2.05, 4.69) is 94.1 Å². The lowest BCUT2D eigenvalue weighted by Crippen LogP contribution is -2.25. The minimum atomic E-state index is -0.0186. The summed E-state index contributed by atoms with van der Waals surface area (Å²) in [4.78, 5) is 4.69. The molecule has 0 saturated heterocycles. The van der Waals surface area contributed by atoms with E-state index in [-0.39, 0.29) is 6.10 Å². The first-order chi connectivity index (χ1) is 14.5.